The van der Waals surface area contributed by atoms with Crippen LogP contribution >= 0.6 is 11.6 Å². The lowest BCUT2D eigenvalue weighted by atomic mass is 10.1. The third kappa shape index (κ3) is 3.12. The van der Waals surface area contributed by atoms with Crippen LogP contribution in [0.1, 0.15) is 5.56 Å². The molecule has 0 fully saturated rings. The first-order chi connectivity index (χ1) is 8.97. The summed E-state index contributed by atoms with van der Waals surface area (Å²) in [5.74, 6) is 0. The zero-order valence-corrected chi connectivity index (χ0v) is 12.1. The molecule has 0 aliphatic carbocycles. The number of nitrogens with one attached hydrogen (secondary N) is 1. The zero-order valence-electron chi connectivity index (χ0n) is 11.4. The highest BCUT2D eigenvalue weighted by molar-refractivity contribution is 6.33. The SMILES string of the molecule is Cc1ccc(Nc2ccc(N)cc2Cl)cc1N(C)C. The Kier molecular flexibility index (Phi) is 3.86. The Labute approximate surface area is 119 Å². The van der Waals surface area contributed by atoms with Crippen LogP contribution in [0.5, 0.6) is 0 Å². The summed E-state index contributed by atoms with van der Waals surface area (Å²) in [6.07, 6.45) is 0. The Bertz CT molecular complexity index is 594. The van der Waals surface area contributed by atoms with Gasteiger partial charge in [0.2, 0.25) is 0 Å². The Morgan fingerprint density at radius 1 is 1.11 bits per heavy atom. The van der Waals surface area contributed by atoms with Crippen LogP contribution in [-0.4, -0.2) is 14.1 Å². The second-order valence-corrected chi connectivity index (χ2v) is 5.17. The quantitative estimate of drug-likeness (QED) is 0.831. The number of hydrogen-bond donors (Lipinski definition) is 2. The highest BCUT2D eigenvalue weighted by atomic mass is 35.5. The molecule has 2 aromatic carbocycles. The van der Waals surface area contributed by atoms with E-state index in [1.165, 1.54) is 11.3 Å². The van der Waals surface area contributed by atoms with Crippen molar-refractivity contribution in [1.29, 1.82) is 0 Å². The van der Waals surface area contributed by atoms with Crippen LogP contribution in [0.3, 0.4) is 0 Å². The van der Waals surface area contributed by atoms with Crippen LogP contribution in [0.2, 0.25) is 5.02 Å². The Hall–Kier alpha value is -1.87. The van der Waals surface area contributed by atoms with E-state index in [4.69, 9.17) is 17.3 Å². The fourth-order valence-corrected chi connectivity index (χ4v) is 2.19. The van der Waals surface area contributed by atoms with E-state index in [-0.39, 0.29) is 0 Å². The first-order valence-corrected chi connectivity index (χ1v) is 6.45. The maximum atomic E-state index is 6.16. The molecular formula is C15H18ClN3. The van der Waals surface area contributed by atoms with Crippen molar-refractivity contribution in [3.63, 3.8) is 0 Å². The lowest BCUT2D eigenvalue weighted by Crippen LogP contribution is -2.10. The molecule has 4 heteroatoms. The largest absolute Gasteiger partial charge is 0.399 e. The first kappa shape index (κ1) is 13.6. The second kappa shape index (κ2) is 5.41. The van der Waals surface area contributed by atoms with Crippen LogP contribution in [-0.2, 0) is 0 Å². The molecule has 0 saturated carbocycles. The molecule has 3 nitrogen and oxygen atoms in total. The maximum absolute atomic E-state index is 6.16. The predicted molar refractivity (Wildman–Crippen MR) is 84.7 cm³/mol. The van der Waals surface area contributed by atoms with E-state index < -0.39 is 0 Å². The van der Waals surface area contributed by atoms with Gasteiger partial charge in [0.1, 0.15) is 0 Å². The highest BCUT2D eigenvalue weighted by Crippen LogP contribution is 2.29. The molecule has 0 aromatic heterocycles. The third-order valence-electron chi connectivity index (χ3n) is 2.96. The number of anilines is 4. The van der Waals surface area contributed by atoms with Crippen molar-refractivity contribution in [1.82, 2.24) is 0 Å². The van der Waals surface area contributed by atoms with Crippen molar-refractivity contribution in [2.24, 2.45) is 0 Å². The summed E-state index contributed by atoms with van der Waals surface area (Å²) < 4.78 is 0. The number of rotatable bonds is 3. The lowest BCUT2D eigenvalue weighted by Gasteiger charge is -2.18. The van der Waals surface area contributed by atoms with Gasteiger partial charge in [0.05, 0.1) is 10.7 Å². The van der Waals surface area contributed by atoms with Gasteiger partial charge in [-0.05, 0) is 42.8 Å². The van der Waals surface area contributed by atoms with E-state index in [1.807, 2.05) is 32.3 Å². The van der Waals surface area contributed by atoms with Gasteiger partial charge in [-0.1, -0.05) is 17.7 Å². The molecule has 0 spiro atoms. The molecule has 0 saturated heterocycles. The summed E-state index contributed by atoms with van der Waals surface area (Å²) in [5, 5.41) is 3.93. The summed E-state index contributed by atoms with van der Waals surface area (Å²) in [4.78, 5) is 2.09. The molecular weight excluding hydrogens is 258 g/mol. The Morgan fingerprint density at radius 3 is 2.47 bits per heavy atom. The molecule has 0 bridgehead atoms. The summed E-state index contributed by atoms with van der Waals surface area (Å²) in [7, 11) is 4.06. The van der Waals surface area contributed by atoms with E-state index >= 15 is 0 Å². The number of aryl methyl sites for hydroxylation is 1. The van der Waals surface area contributed by atoms with Crippen LogP contribution in [0.15, 0.2) is 36.4 Å². The minimum atomic E-state index is 0.618. The van der Waals surface area contributed by atoms with Crippen molar-refractivity contribution in [3.05, 3.63) is 47.0 Å². The van der Waals surface area contributed by atoms with Crippen molar-refractivity contribution in [3.8, 4) is 0 Å². The molecule has 100 valence electrons. The van der Waals surface area contributed by atoms with Gasteiger partial charge in [0, 0.05) is 31.2 Å². The van der Waals surface area contributed by atoms with Crippen molar-refractivity contribution < 1.29 is 0 Å². The number of hydrogen-bond acceptors (Lipinski definition) is 3. The summed E-state index contributed by atoms with van der Waals surface area (Å²) in [6.45, 7) is 2.09. The predicted octanol–water partition coefficient (Wildman–Crippen LogP) is 4.04. The molecule has 2 rings (SSSR count). The molecule has 0 aliphatic rings. The van der Waals surface area contributed by atoms with Gasteiger partial charge in [0.15, 0.2) is 0 Å². The molecule has 0 aliphatic heterocycles. The lowest BCUT2D eigenvalue weighted by molar-refractivity contribution is 1.11. The van der Waals surface area contributed by atoms with E-state index in [1.54, 1.807) is 6.07 Å². The van der Waals surface area contributed by atoms with Crippen LogP contribution < -0.4 is 16.0 Å². The summed E-state index contributed by atoms with van der Waals surface area (Å²) in [5.41, 5.74) is 10.6. The minimum Gasteiger partial charge on any atom is -0.399 e. The van der Waals surface area contributed by atoms with Crippen LogP contribution in [0.4, 0.5) is 22.7 Å². The number of nitrogens with two attached hydrogens (primary N) is 1. The number of nitrogen functional groups attached to an aromatic ring is 1. The fraction of sp³-hybridized carbons (Fsp3) is 0.200. The van der Waals surface area contributed by atoms with Crippen molar-refractivity contribution in [2.45, 2.75) is 6.92 Å². The molecule has 0 unspecified atom stereocenters. The minimum absolute atomic E-state index is 0.618. The topological polar surface area (TPSA) is 41.3 Å². The Balaban J connectivity index is 2.31. The summed E-state index contributed by atoms with van der Waals surface area (Å²) >= 11 is 6.16. The van der Waals surface area contributed by atoms with Crippen molar-refractivity contribution in [2.75, 3.05) is 30.0 Å². The monoisotopic (exact) mass is 275 g/mol. The van der Waals surface area contributed by atoms with E-state index in [9.17, 15) is 0 Å². The smallest absolute Gasteiger partial charge is 0.0661 e. The van der Waals surface area contributed by atoms with E-state index in [0.29, 0.717) is 10.7 Å². The van der Waals surface area contributed by atoms with Crippen LogP contribution in [0.25, 0.3) is 0 Å². The van der Waals surface area contributed by atoms with Gasteiger partial charge in [-0.25, -0.2) is 0 Å². The van der Waals surface area contributed by atoms with Gasteiger partial charge in [0.25, 0.3) is 0 Å². The zero-order chi connectivity index (χ0) is 14.0. The van der Waals surface area contributed by atoms with E-state index in [0.717, 1.165) is 11.4 Å². The third-order valence-corrected chi connectivity index (χ3v) is 3.28. The van der Waals surface area contributed by atoms with Crippen LogP contribution in [0, 0.1) is 6.92 Å². The van der Waals surface area contributed by atoms with Gasteiger partial charge < -0.3 is 16.0 Å². The van der Waals surface area contributed by atoms with Gasteiger partial charge in [-0.15, -0.1) is 0 Å². The molecule has 19 heavy (non-hydrogen) atoms. The number of nitrogens with zero attached hydrogens (tertiary/aromatic N) is 1. The molecule has 0 atom stereocenters. The second-order valence-electron chi connectivity index (χ2n) is 4.76. The van der Waals surface area contributed by atoms with Gasteiger partial charge in [-0.3, -0.25) is 0 Å². The van der Waals surface area contributed by atoms with Gasteiger partial charge >= 0.3 is 0 Å². The standard InChI is InChI=1S/C15H18ClN3/c1-10-4-6-12(9-15(10)19(2)3)18-14-7-5-11(17)8-13(14)16/h4-9,18H,17H2,1-3H3. The maximum Gasteiger partial charge on any atom is 0.0661 e. The number of benzene rings is 2. The normalized spacial score (nSPS) is 10.3. The molecule has 0 amide bonds. The Morgan fingerprint density at radius 2 is 1.84 bits per heavy atom. The fourth-order valence-electron chi connectivity index (χ4n) is 1.96. The van der Waals surface area contributed by atoms with E-state index in [2.05, 4.69) is 29.3 Å². The molecule has 0 radical (unpaired) electrons. The van der Waals surface area contributed by atoms with Gasteiger partial charge in [-0.2, -0.15) is 0 Å². The first-order valence-electron chi connectivity index (χ1n) is 6.07. The summed E-state index contributed by atoms with van der Waals surface area (Å²) in [6, 6.07) is 11.7. The molecule has 3 N–H and O–H groups in total. The van der Waals surface area contributed by atoms with Crippen molar-refractivity contribution >= 4 is 34.4 Å². The average molecular weight is 276 g/mol. The molecule has 0 heterocycles. The molecule has 2 aromatic rings. The average Bonchev–Trinajstić information content (AvgIpc) is 2.34. The highest BCUT2D eigenvalue weighted by Gasteiger charge is 2.05. The number of halogens is 1.